The monoisotopic (exact) mass is 550 g/mol. The van der Waals surface area contributed by atoms with Crippen LogP contribution >= 0.6 is 0 Å². The number of nitrogens with zero attached hydrogens (tertiary/aromatic N) is 4. The number of carbonyl (C=O) groups is 1. The SMILES string of the molecule is CC(C)n1cc(-c2nc3c(=O)cc(NC(=O)Cc4cccc(C(C)(C)O)n4)[nH]c3nc2-c2ccccc2)ccc1=O. The molecule has 10 heteroatoms. The van der Waals surface area contributed by atoms with E-state index in [0.717, 1.165) is 5.56 Å². The fraction of sp³-hybridized carbons (Fsp3) is 0.226. The van der Waals surface area contributed by atoms with Gasteiger partial charge < -0.3 is 20.0 Å². The quantitative estimate of drug-likeness (QED) is 0.276. The number of H-pyrrole nitrogens is 1. The van der Waals surface area contributed by atoms with Gasteiger partial charge in [-0.05, 0) is 45.9 Å². The largest absolute Gasteiger partial charge is 0.384 e. The number of aromatic amines is 1. The maximum Gasteiger partial charge on any atom is 0.250 e. The Morgan fingerprint density at radius 3 is 2.39 bits per heavy atom. The van der Waals surface area contributed by atoms with Gasteiger partial charge in [0.1, 0.15) is 11.4 Å². The van der Waals surface area contributed by atoms with Gasteiger partial charge in [-0.2, -0.15) is 0 Å². The van der Waals surface area contributed by atoms with Crippen molar-refractivity contribution in [2.24, 2.45) is 0 Å². The number of fused-ring (bicyclic) bond motifs is 1. The Bertz CT molecular complexity index is 1870. The zero-order valence-electron chi connectivity index (χ0n) is 23.2. The molecule has 0 fully saturated rings. The summed E-state index contributed by atoms with van der Waals surface area (Å²) in [5, 5.41) is 12.9. The molecule has 1 aromatic carbocycles. The predicted molar refractivity (Wildman–Crippen MR) is 157 cm³/mol. The second kappa shape index (κ2) is 10.9. The predicted octanol–water partition coefficient (Wildman–Crippen LogP) is 4.20. The lowest BCUT2D eigenvalue weighted by atomic mass is 10.0. The first-order valence-electron chi connectivity index (χ1n) is 13.2. The van der Waals surface area contributed by atoms with Gasteiger partial charge in [0.05, 0.1) is 29.2 Å². The first kappa shape index (κ1) is 27.6. The first-order valence-corrected chi connectivity index (χ1v) is 13.2. The van der Waals surface area contributed by atoms with Crippen molar-refractivity contribution in [2.45, 2.75) is 45.8 Å². The van der Waals surface area contributed by atoms with E-state index in [-0.39, 0.29) is 35.0 Å². The summed E-state index contributed by atoms with van der Waals surface area (Å²) < 4.78 is 1.60. The average molecular weight is 551 g/mol. The number of hydrogen-bond donors (Lipinski definition) is 3. The Morgan fingerprint density at radius 2 is 1.68 bits per heavy atom. The molecule has 0 saturated carbocycles. The molecule has 3 N–H and O–H groups in total. The van der Waals surface area contributed by atoms with E-state index in [9.17, 15) is 19.5 Å². The van der Waals surface area contributed by atoms with Crippen molar-refractivity contribution < 1.29 is 9.90 Å². The summed E-state index contributed by atoms with van der Waals surface area (Å²) >= 11 is 0. The Balaban J connectivity index is 1.55. The van der Waals surface area contributed by atoms with E-state index in [1.807, 2.05) is 44.2 Å². The lowest BCUT2D eigenvalue weighted by Gasteiger charge is -2.17. The highest BCUT2D eigenvalue weighted by Crippen LogP contribution is 2.30. The normalized spacial score (nSPS) is 11.7. The minimum Gasteiger partial charge on any atom is -0.384 e. The van der Waals surface area contributed by atoms with Crippen LogP contribution in [0.1, 0.15) is 45.1 Å². The van der Waals surface area contributed by atoms with E-state index in [1.165, 1.54) is 12.1 Å². The zero-order valence-corrected chi connectivity index (χ0v) is 23.2. The van der Waals surface area contributed by atoms with Crippen LogP contribution < -0.4 is 16.3 Å². The van der Waals surface area contributed by atoms with Crippen LogP contribution in [0.4, 0.5) is 5.82 Å². The van der Waals surface area contributed by atoms with E-state index in [4.69, 9.17) is 9.97 Å². The number of carbonyl (C=O) groups excluding carboxylic acids is 1. The smallest absolute Gasteiger partial charge is 0.250 e. The molecule has 1 amide bonds. The number of benzene rings is 1. The maximum absolute atomic E-state index is 13.2. The number of hydrogen-bond acceptors (Lipinski definition) is 7. The van der Waals surface area contributed by atoms with Crippen LogP contribution in [-0.2, 0) is 16.8 Å². The molecule has 0 aliphatic heterocycles. The van der Waals surface area contributed by atoms with Crippen LogP contribution in [-0.4, -0.2) is 35.5 Å². The molecule has 0 bridgehead atoms. The van der Waals surface area contributed by atoms with Gasteiger partial charge in [0.15, 0.2) is 11.2 Å². The number of aliphatic hydroxyl groups is 1. The summed E-state index contributed by atoms with van der Waals surface area (Å²) in [6.45, 7) is 7.07. The van der Waals surface area contributed by atoms with Gasteiger partial charge in [-0.15, -0.1) is 0 Å². The van der Waals surface area contributed by atoms with E-state index in [1.54, 1.807) is 48.9 Å². The third-order valence-electron chi connectivity index (χ3n) is 6.52. The molecule has 0 aliphatic rings. The van der Waals surface area contributed by atoms with Gasteiger partial charge >= 0.3 is 0 Å². The summed E-state index contributed by atoms with van der Waals surface area (Å²) in [6.07, 6.45) is 1.66. The van der Waals surface area contributed by atoms with Gasteiger partial charge in [-0.1, -0.05) is 36.4 Å². The lowest BCUT2D eigenvalue weighted by molar-refractivity contribution is -0.115. The van der Waals surface area contributed by atoms with Crippen molar-refractivity contribution in [2.75, 3.05) is 5.32 Å². The lowest BCUT2D eigenvalue weighted by Crippen LogP contribution is -2.21. The van der Waals surface area contributed by atoms with Crippen LogP contribution in [0, 0.1) is 0 Å². The van der Waals surface area contributed by atoms with Crippen molar-refractivity contribution in [1.82, 2.24) is 24.5 Å². The molecule has 5 aromatic rings. The molecule has 0 spiro atoms. The highest BCUT2D eigenvalue weighted by Gasteiger charge is 2.20. The third kappa shape index (κ3) is 5.97. The summed E-state index contributed by atoms with van der Waals surface area (Å²) in [6, 6.07) is 18.9. The van der Waals surface area contributed by atoms with Gasteiger partial charge in [0.2, 0.25) is 11.3 Å². The molecular weight excluding hydrogens is 520 g/mol. The van der Waals surface area contributed by atoms with Gasteiger partial charge in [0.25, 0.3) is 5.56 Å². The van der Waals surface area contributed by atoms with Crippen molar-refractivity contribution in [3.8, 4) is 22.5 Å². The van der Waals surface area contributed by atoms with Gasteiger partial charge in [0, 0.05) is 35.5 Å². The second-order valence-electron chi connectivity index (χ2n) is 10.6. The van der Waals surface area contributed by atoms with E-state index >= 15 is 0 Å². The molecule has 0 atom stereocenters. The maximum atomic E-state index is 13.2. The fourth-order valence-electron chi connectivity index (χ4n) is 4.45. The molecule has 4 aromatic heterocycles. The fourth-order valence-corrected chi connectivity index (χ4v) is 4.45. The van der Waals surface area contributed by atoms with Crippen LogP contribution in [0.5, 0.6) is 0 Å². The average Bonchev–Trinajstić information content (AvgIpc) is 2.93. The third-order valence-corrected chi connectivity index (χ3v) is 6.52. The summed E-state index contributed by atoms with van der Waals surface area (Å²) in [4.78, 5) is 55.3. The number of pyridine rings is 3. The zero-order chi connectivity index (χ0) is 29.3. The minimum absolute atomic E-state index is 0.0601. The summed E-state index contributed by atoms with van der Waals surface area (Å²) in [7, 11) is 0. The molecule has 0 saturated heterocycles. The molecule has 41 heavy (non-hydrogen) atoms. The van der Waals surface area contributed by atoms with Crippen molar-refractivity contribution in [3.05, 3.63) is 105 Å². The highest BCUT2D eigenvalue weighted by atomic mass is 16.3. The number of nitrogens with one attached hydrogen (secondary N) is 2. The topological polar surface area (TPSA) is 143 Å². The van der Waals surface area contributed by atoms with Crippen molar-refractivity contribution >= 4 is 22.9 Å². The molecular formula is C31H30N6O4. The standard InChI is InChI=1S/C31H30N6O4/c1-18(2)37-17-20(13-14-26(37)40)28-27(19-9-6-5-7-10-19)36-30-29(35-28)22(38)16-24(34-30)33-25(39)15-21-11-8-12-23(32-21)31(3,4)41/h5-14,16-18,41H,15H2,1-4H3,(H2,33,34,36,38,39). The Kier molecular flexibility index (Phi) is 7.34. The summed E-state index contributed by atoms with van der Waals surface area (Å²) in [5.41, 5.74) is 1.90. The van der Waals surface area contributed by atoms with Crippen molar-refractivity contribution in [1.29, 1.82) is 0 Å². The molecule has 0 aliphatic carbocycles. The van der Waals surface area contributed by atoms with Gasteiger partial charge in [-0.25, -0.2) is 9.97 Å². The van der Waals surface area contributed by atoms with Crippen LogP contribution in [0.3, 0.4) is 0 Å². The van der Waals surface area contributed by atoms with Gasteiger partial charge in [-0.3, -0.25) is 19.4 Å². The Morgan fingerprint density at radius 1 is 0.951 bits per heavy atom. The molecule has 5 rings (SSSR count). The van der Waals surface area contributed by atoms with Crippen molar-refractivity contribution in [3.63, 3.8) is 0 Å². The van der Waals surface area contributed by atoms with E-state index in [2.05, 4.69) is 15.3 Å². The van der Waals surface area contributed by atoms with Crippen LogP contribution in [0.2, 0.25) is 0 Å². The van der Waals surface area contributed by atoms with Crippen LogP contribution in [0.15, 0.2) is 82.5 Å². The van der Waals surface area contributed by atoms with Crippen LogP contribution in [0.25, 0.3) is 33.7 Å². The molecule has 4 heterocycles. The van der Waals surface area contributed by atoms with E-state index in [0.29, 0.717) is 28.3 Å². The Hall–Kier alpha value is -4.96. The minimum atomic E-state index is -1.14. The number of rotatable bonds is 7. The number of anilines is 1. The summed E-state index contributed by atoms with van der Waals surface area (Å²) in [5.74, 6) is -0.232. The van der Waals surface area contributed by atoms with E-state index < -0.39 is 16.9 Å². The number of aromatic nitrogens is 5. The number of amides is 1. The molecule has 0 unspecified atom stereocenters. The second-order valence-corrected chi connectivity index (χ2v) is 10.6. The highest BCUT2D eigenvalue weighted by molar-refractivity contribution is 5.92. The first-order chi connectivity index (χ1) is 19.5. The molecule has 10 nitrogen and oxygen atoms in total. The molecule has 208 valence electrons. The Labute approximate surface area is 235 Å². The molecule has 0 radical (unpaired) electrons.